The summed E-state index contributed by atoms with van der Waals surface area (Å²) in [5, 5.41) is 0. The molecule has 0 aromatic heterocycles. The third-order valence-electron chi connectivity index (χ3n) is 9.00. The fourth-order valence-corrected chi connectivity index (χ4v) is 7.36. The molecule has 1 spiro atoms. The Balaban J connectivity index is 1.43. The van der Waals surface area contributed by atoms with Crippen LogP contribution in [0.1, 0.15) is 69.4 Å². The minimum Gasteiger partial charge on any atom is -0.500 e. The molecule has 9 heteroatoms. The molecule has 4 heterocycles. The molecule has 0 bridgehead atoms. The Labute approximate surface area is 223 Å². The molecule has 1 aliphatic carbocycles. The van der Waals surface area contributed by atoms with Crippen LogP contribution < -0.4 is 9.47 Å². The lowest BCUT2D eigenvalue weighted by Crippen LogP contribution is -2.50. The van der Waals surface area contributed by atoms with Crippen LogP contribution in [0.3, 0.4) is 0 Å². The Morgan fingerprint density at radius 2 is 1.82 bits per heavy atom. The fourth-order valence-electron chi connectivity index (χ4n) is 7.36. The summed E-state index contributed by atoms with van der Waals surface area (Å²) < 4.78 is 34.8. The van der Waals surface area contributed by atoms with E-state index >= 15 is 0 Å². The van der Waals surface area contributed by atoms with Crippen LogP contribution >= 0.6 is 0 Å². The molecule has 9 nitrogen and oxygen atoms in total. The van der Waals surface area contributed by atoms with Crippen molar-refractivity contribution in [2.75, 3.05) is 34.1 Å². The molecular weight excluding hydrogens is 490 g/mol. The monoisotopic (exact) mass is 527 g/mol. The number of benzene rings is 1. The lowest BCUT2D eigenvalue weighted by molar-refractivity contribution is -0.245. The van der Waals surface area contributed by atoms with Crippen molar-refractivity contribution in [1.82, 2.24) is 4.90 Å². The molecule has 0 radical (unpaired) electrons. The number of esters is 2. The van der Waals surface area contributed by atoms with E-state index in [0.29, 0.717) is 24.4 Å². The maximum Gasteiger partial charge on any atom is 0.319 e. The lowest BCUT2D eigenvalue weighted by Gasteiger charge is -2.43. The second-order valence-corrected chi connectivity index (χ2v) is 11.7. The minimum atomic E-state index is -1.38. The van der Waals surface area contributed by atoms with Gasteiger partial charge in [0.25, 0.3) is 0 Å². The van der Waals surface area contributed by atoms with Crippen LogP contribution in [0.4, 0.5) is 0 Å². The normalized spacial score (nSPS) is 32.9. The highest BCUT2D eigenvalue weighted by Crippen LogP contribution is 2.57. The number of ether oxygens (including phenoxy) is 6. The van der Waals surface area contributed by atoms with Crippen molar-refractivity contribution < 1.29 is 38.0 Å². The van der Waals surface area contributed by atoms with E-state index in [2.05, 4.69) is 23.1 Å². The van der Waals surface area contributed by atoms with E-state index in [1.165, 1.54) is 7.11 Å². The van der Waals surface area contributed by atoms with E-state index in [1.807, 2.05) is 13.8 Å². The van der Waals surface area contributed by atoms with Crippen molar-refractivity contribution >= 4 is 11.9 Å². The van der Waals surface area contributed by atoms with Gasteiger partial charge in [-0.1, -0.05) is 0 Å². The van der Waals surface area contributed by atoms with E-state index in [1.54, 1.807) is 7.11 Å². The summed E-state index contributed by atoms with van der Waals surface area (Å²) in [6.45, 7) is 5.97. The highest BCUT2D eigenvalue weighted by molar-refractivity contribution is 5.80. The molecular formula is C29H37NO8. The molecule has 4 aliphatic heterocycles. The Morgan fingerprint density at radius 3 is 2.53 bits per heavy atom. The van der Waals surface area contributed by atoms with Crippen LogP contribution in [0.5, 0.6) is 11.5 Å². The Kier molecular flexibility index (Phi) is 6.14. The zero-order valence-corrected chi connectivity index (χ0v) is 22.7. The number of carbonyl (C=O) groups is 2. The number of methoxy groups -OCH3 is 2. The largest absolute Gasteiger partial charge is 0.500 e. The second kappa shape index (κ2) is 9.16. The van der Waals surface area contributed by atoms with Gasteiger partial charge in [0.1, 0.15) is 18.1 Å². The molecule has 5 aliphatic rings. The standard InChI is InChI=1S/C29H37NO8/c1-27(2)9-10-29(38-27,16-23(31)34-4)37-26(32)24-22(33-3)15-28-8-6-12-30(28)11-5-7-18-13-20-21(36-17-35-20)14-19(18)25(24)28/h13-15,24-25H,5-12,16-17H2,1-4H3/t24-,25-,28+,29+/m1/s1. The lowest BCUT2D eigenvalue weighted by atomic mass is 9.72. The SMILES string of the molecule is COC(=O)C[C@]1(OC(=O)[C@@H]2C(OC)=C[C@]34CCCN3CCCc3cc5c(cc3[C@H]24)OCO5)CCC(C)(C)O1. The molecule has 1 aromatic carbocycles. The average Bonchev–Trinajstić information content (AvgIpc) is 3.63. The first-order valence-electron chi connectivity index (χ1n) is 13.6. The van der Waals surface area contributed by atoms with Crippen molar-refractivity contribution in [1.29, 1.82) is 0 Å². The molecule has 0 amide bonds. The molecule has 0 N–H and O–H groups in total. The van der Waals surface area contributed by atoms with E-state index in [4.69, 9.17) is 28.4 Å². The molecule has 0 unspecified atom stereocenters. The van der Waals surface area contributed by atoms with Gasteiger partial charge in [-0.15, -0.1) is 0 Å². The number of aryl methyl sites for hydroxylation is 1. The second-order valence-electron chi connectivity index (χ2n) is 11.7. The van der Waals surface area contributed by atoms with Crippen molar-refractivity contribution in [3.63, 3.8) is 0 Å². The maximum atomic E-state index is 14.3. The zero-order chi connectivity index (χ0) is 26.7. The molecule has 4 atom stereocenters. The van der Waals surface area contributed by atoms with E-state index in [9.17, 15) is 9.59 Å². The predicted octanol–water partition coefficient (Wildman–Crippen LogP) is 3.83. The molecule has 2 saturated heterocycles. The van der Waals surface area contributed by atoms with Crippen LogP contribution in [0, 0.1) is 5.92 Å². The summed E-state index contributed by atoms with van der Waals surface area (Å²) in [5.74, 6) is -1.19. The summed E-state index contributed by atoms with van der Waals surface area (Å²) in [7, 11) is 2.94. The number of hydrogen-bond donors (Lipinski definition) is 0. The highest BCUT2D eigenvalue weighted by Gasteiger charge is 2.60. The summed E-state index contributed by atoms with van der Waals surface area (Å²) in [4.78, 5) is 29.2. The van der Waals surface area contributed by atoms with Gasteiger partial charge >= 0.3 is 11.9 Å². The fraction of sp³-hybridized carbons (Fsp3) is 0.655. The van der Waals surface area contributed by atoms with Crippen LogP contribution in [0.25, 0.3) is 0 Å². The van der Waals surface area contributed by atoms with Gasteiger partial charge < -0.3 is 28.4 Å². The van der Waals surface area contributed by atoms with Crippen molar-refractivity contribution in [2.45, 2.75) is 81.6 Å². The van der Waals surface area contributed by atoms with Gasteiger partial charge in [0.15, 0.2) is 11.5 Å². The minimum absolute atomic E-state index is 0.158. The van der Waals surface area contributed by atoms with Gasteiger partial charge in [-0.2, -0.15) is 0 Å². The maximum absolute atomic E-state index is 14.3. The first-order chi connectivity index (χ1) is 18.2. The quantitative estimate of drug-likeness (QED) is 0.530. The number of carbonyl (C=O) groups excluding carboxylic acids is 2. The van der Waals surface area contributed by atoms with Crippen LogP contribution in [0.15, 0.2) is 24.0 Å². The van der Waals surface area contributed by atoms with E-state index in [-0.39, 0.29) is 24.7 Å². The smallest absolute Gasteiger partial charge is 0.319 e. The Hall–Kier alpha value is -2.78. The summed E-state index contributed by atoms with van der Waals surface area (Å²) in [5.41, 5.74) is 1.33. The van der Waals surface area contributed by atoms with E-state index < -0.39 is 29.2 Å². The molecule has 206 valence electrons. The first kappa shape index (κ1) is 25.5. The first-order valence-corrected chi connectivity index (χ1v) is 13.6. The number of hydrogen-bond acceptors (Lipinski definition) is 9. The van der Waals surface area contributed by atoms with Crippen LogP contribution in [-0.2, 0) is 35.0 Å². The van der Waals surface area contributed by atoms with Crippen LogP contribution in [0.2, 0.25) is 0 Å². The highest BCUT2D eigenvalue weighted by atomic mass is 16.7. The van der Waals surface area contributed by atoms with Gasteiger partial charge in [0, 0.05) is 12.3 Å². The van der Waals surface area contributed by atoms with Crippen molar-refractivity contribution in [3.8, 4) is 11.5 Å². The molecule has 0 saturated carbocycles. The topological polar surface area (TPSA) is 92.8 Å². The summed E-state index contributed by atoms with van der Waals surface area (Å²) in [6, 6.07) is 4.13. The average molecular weight is 528 g/mol. The van der Waals surface area contributed by atoms with Gasteiger partial charge in [-0.25, -0.2) is 0 Å². The predicted molar refractivity (Wildman–Crippen MR) is 136 cm³/mol. The number of rotatable bonds is 5. The Bertz CT molecular complexity index is 1180. The third kappa shape index (κ3) is 4.06. The van der Waals surface area contributed by atoms with Gasteiger partial charge in [0.2, 0.25) is 12.6 Å². The molecule has 38 heavy (non-hydrogen) atoms. The van der Waals surface area contributed by atoms with Crippen LogP contribution in [-0.4, -0.2) is 67.9 Å². The number of nitrogens with zero attached hydrogens (tertiary/aromatic N) is 1. The Morgan fingerprint density at radius 1 is 1.05 bits per heavy atom. The summed E-state index contributed by atoms with van der Waals surface area (Å²) in [6.07, 6.45) is 6.91. The van der Waals surface area contributed by atoms with Gasteiger partial charge in [-0.05, 0) is 88.4 Å². The third-order valence-corrected chi connectivity index (χ3v) is 9.00. The zero-order valence-electron chi connectivity index (χ0n) is 22.7. The van der Waals surface area contributed by atoms with Gasteiger partial charge in [0.05, 0.1) is 25.4 Å². The van der Waals surface area contributed by atoms with Gasteiger partial charge in [-0.3, -0.25) is 14.5 Å². The number of fused-ring (bicyclic) bond motifs is 3. The van der Waals surface area contributed by atoms with Crippen molar-refractivity contribution in [2.24, 2.45) is 5.92 Å². The van der Waals surface area contributed by atoms with E-state index in [0.717, 1.165) is 55.6 Å². The van der Waals surface area contributed by atoms with Crippen molar-refractivity contribution in [3.05, 3.63) is 35.1 Å². The molecule has 6 rings (SSSR count). The molecule has 1 aromatic rings. The summed E-state index contributed by atoms with van der Waals surface area (Å²) >= 11 is 0. The molecule has 2 fully saturated rings.